The summed E-state index contributed by atoms with van der Waals surface area (Å²) < 4.78 is 0. The van der Waals surface area contributed by atoms with Gasteiger partial charge in [0.2, 0.25) is 5.91 Å². The third-order valence-corrected chi connectivity index (χ3v) is 4.37. The third-order valence-electron chi connectivity index (χ3n) is 4.37. The summed E-state index contributed by atoms with van der Waals surface area (Å²) >= 11 is 0. The average Bonchev–Trinajstić information content (AvgIpc) is 2.78. The number of rotatable bonds is 3. The summed E-state index contributed by atoms with van der Waals surface area (Å²) in [5.74, 6) is 0.127. The Bertz CT molecular complexity index is 448. The third kappa shape index (κ3) is 1.77. The van der Waals surface area contributed by atoms with Crippen LogP contribution in [0.3, 0.4) is 0 Å². The molecule has 18 heavy (non-hydrogen) atoms. The molecular weight excluding hydrogens is 226 g/mol. The van der Waals surface area contributed by atoms with Crippen molar-refractivity contribution in [3.8, 4) is 0 Å². The topological polar surface area (TPSA) is 58.4 Å². The van der Waals surface area contributed by atoms with E-state index in [1.807, 2.05) is 30.3 Å². The SMILES string of the molecule is NC(=O)C1(Nc2ccccc2)CCN2CCC1C2. The molecule has 0 radical (unpaired) electrons. The van der Waals surface area contributed by atoms with Crippen LogP contribution < -0.4 is 11.1 Å². The zero-order valence-electron chi connectivity index (χ0n) is 10.4. The maximum atomic E-state index is 12.0. The summed E-state index contributed by atoms with van der Waals surface area (Å²) in [4.78, 5) is 14.4. The quantitative estimate of drug-likeness (QED) is 0.837. The van der Waals surface area contributed by atoms with Crippen molar-refractivity contribution >= 4 is 11.6 Å². The highest BCUT2D eigenvalue weighted by Gasteiger charge is 2.50. The number of nitrogens with one attached hydrogen (secondary N) is 1. The molecule has 2 bridgehead atoms. The highest BCUT2D eigenvalue weighted by molar-refractivity contribution is 5.88. The van der Waals surface area contributed by atoms with Crippen LogP contribution in [0.5, 0.6) is 0 Å². The lowest BCUT2D eigenvalue weighted by Crippen LogP contribution is -2.60. The number of para-hydroxylation sites is 1. The highest BCUT2D eigenvalue weighted by Crippen LogP contribution is 2.37. The van der Waals surface area contributed by atoms with Gasteiger partial charge in [0.1, 0.15) is 5.54 Å². The minimum atomic E-state index is -0.561. The fraction of sp³-hybridized carbons (Fsp3) is 0.500. The normalized spacial score (nSPS) is 34.2. The van der Waals surface area contributed by atoms with Gasteiger partial charge >= 0.3 is 0 Å². The molecule has 3 atom stereocenters. The summed E-state index contributed by atoms with van der Waals surface area (Å²) in [6.07, 6.45) is 1.87. The van der Waals surface area contributed by atoms with Gasteiger partial charge in [0, 0.05) is 24.7 Å². The number of piperidine rings is 1. The molecule has 0 saturated carbocycles. The van der Waals surface area contributed by atoms with Crippen LogP contribution in [0.25, 0.3) is 0 Å². The van der Waals surface area contributed by atoms with Gasteiger partial charge in [0.15, 0.2) is 0 Å². The van der Waals surface area contributed by atoms with Crippen LogP contribution in [0.2, 0.25) is 0 Å². The van der Waals surface area contributed by atoms with Crippen molar-refractivity contribution in [1.82, 2.24) is 4.90 Å². The first kappa shape index (κ1) is 11.5. The van der Waals surface area contributed by atoms with Crippen LogP contribution in [0.1, 0.15) is 12.8 Å². The number of amides is 1. The number of fused-ring (bicyclic) bond motifs is 2. The minimum Gasteiger partial charge on any atom is -0.371 e. The van der Waals surface area contributed by atoms with E-state index >= 15 is 0 Å². The second kappa shape index (κ2) is 4.28. The largest absolute Gasteiger partial charge is 0.371 e. The van der Waals surface area contributed by atoms with E-state index in [1.165, 1.54) is 0 Å². The Balaban J connectivity index is 1.90. The Labute approximate surface area is 107 Å². The Hall–Kier alpha value is -1.55. The molecule has 4 nitrogen and oxygen atoms in total. The van der Waals surface area contributed by atoms with Gasteiger partial charge in [0.25, 0.3) is 0 Å². The molecule has 4 heteroatoms. The van der Waals surface area contributed by atoms with Gasteiger partial charge in [-0.15, -0.1) is 0 Å². The van der Waals surface area contributed by atoms with E-state index in [0.717, 1.165) is 38.2 Å². The predicted molar refractivity (Wildman–Crippen MR) is 71.2 cm³/mol. The zero-order chi connectivity index (χ0) is 12.6. The molecule has 2 fully saturated rings. The van der Waals surface area contributed by atoms with Gasteiger partial charge in [-0.3, -0.25) is 4.79 Å². The van der Waals surface area contributed by atoms with Crippen LogP contribution in [0, 0.1) is 5.92 Å². The van der Waals surface area contributed by atoms with Crippen LogP contribution in [-0.4, -0.2) is 36.0 Å². The summed E-state index contributed by atoms with van der Waals surface area (Å²) in [6.45, 7) is 3.04. The van der Waals surface area contributed by atoms with E-state index in [9.17, 15) is 4.79 Å². The smallest absolute Gasteiger partial charge is 0.243 e. The van der Waals surface area contributed by atoms with Crippen molar-refractivity contribution in [3.63, 3.8) is 0 Å². The molecule has 0 aromatic heterocycles. The van der Waals surface area contributed by atoms with Crippen molar-refractivity contribution < 1.29 is 4.79 Å². The Morgan fingerprint density at radius 2 is 2.11 bits per heavy atom. The molecule has 2 heterocycles. The predicted octanol–water partition coefficient (Wildman–Crippen LogP) is 1.05. The summed E-state index contributed by atoms with van der Waals surface area (Å²) in [5, 5.41) is 3.42. The number of benzene rings is 1. The maximum Gasteiger partial charge on any atom is 0.243 e. The molecule has 1 aromatic carbocycles. The van der Waals surface area contributed by atoms with Gasteiger partial charge in [-0.2, -0.15) is 0 Å². The molecule has 3 unspecified atom stereocenters. The lowest BCUT2D eigenvalue weighted by atomic mass is 9.78. The van der Waals surface area contributed by atoms with Gasteiger partial charge in [-0.25, -0.2) is 0 Å². The maximum absolute atomic E-state index is 12.0. The van der Waals surface area contributed by atoms with Gasteiger partial charge in [-0.05, 0) is 31.5 Å². The Morgan fingerprint density at radius 1 is 1.33 bits per heavy atom. The number of primary amides is 1. The van der Waals surface area contributed by atoms with E-state index < -0.39 is 5.54 Å². The van der Waals surface area contributed by atoms with Crippen molar-refractivity contribution in [2.45, 2.75) is 18.4 Å². The standard InChI is InChI=1S/C14H19N3O/c15-13(18)14(16-12-4-2-1-3-5-12)7-9-17-8-6-11(14)10-17/h1-5,11,16H,6-10H2,(H2,15,18). The van der Waals surface area contributed by atoms with Gasteiger partial charge in [0.05, 0.1) is 0 Å². The molecule has 2 saturated heterocycles. The van der Waals surface area contributed by atoms with E-state index in [0.29, 0.717) is 5.92 Å². The number of anilines is 1. The first-order chi connectivity index (χ1) is 8.71. The number of hydrogen-bond donors (Lipinski definition) is 2. The second-order valence-corrected chi connectivity index (χ2v) is 5.36. The monoisotopic (exact) mass is 245 g/mol. The lowest BCUT2D eigenvalue weighted by molar-refractivity contribution is -0.125. The highest BCUT2D eigenvalue weighted by atomic mass is 16.1. The fourth-order valence-corrected chi connectivity index (χ4v) is 3.31. The molecule has 3 N–H and O–H groups in total. The number of hydrogen-bond acceptors (Lipinski definition) is 3. The molecule has 96 valence electrons. The van der Waals surface area contributed by atoms with Gasteiger partial charge < -0.3 is 16.0 Å². The first-order valence-corrected chi connectivity index (χ1v) is 6.56. The minimum absolute atomic E-state index is 0.210. The van der Waals surface area contributed by atoms with E-state index in [4.69, 9.17) is 5.73 Å². The summed E-state index contributed by atoms with van der Waals surface area (Å²) in [5.41, 5.74) is 6.14. The van der Waals surface area contributed by atoms with E-state index in [2.05, 4.69) is 10.2 Å². The Morgan fingerprint density at radius 3 is 2.83 bits per heavy atom. The second-order valence-electron chi connectivity index (χ2n) is 5.36. The molecular formula is C14H19N3O. The first-order valence-electron chi connectivity index (χ1n) is 6.56. The molecule has 1 amide bonds. The van der Waals surface area contributed by atoms with Gasteiger partial charge in [-0.1, -0.05) is 18.2 Å². The van der Waals surface area contributed by atoms with Crippen LogP contribution >= 0.6 is 0 Å². The van der Waals surface area contributed by atoms with Crippen molar-refractivity contribution in [2.75, 3.05) is 25.0 Å². The number of nitrogens with two attached hydrogens (primary N) is 1. The van der Waals surface area contributed by atoms with Crippen LogP contribution in [-0.2, 0) is 4.79 Å². The van der Waals surface area contributed by atoms with Crippen molar-refractivity contribution in [3.05, 3.63) is 30.3 Å². The van der Waals surface area contributed by atoms with Crippen molar-refractivity contribution in [2.24, 2.45) is 11.7 Å². The molecule has 1 aromatic rings. The summed E-state index contributed by atoms with van der Waals surface area (Å²) in [7, 11) is 0. The molecule has 2 aliphatic heterocycles. The molecule has 0 spiro atoms. The van der Waals surface area contributed by atoms with E-state index in [1.54, 1.807) is 0 Å². The van der Waals surface area contributed by atoms with Crippen LogP contribution in [0.15, 0.2) is 30.3 Å². The van der Waals surface area contributed by atoms with E-state index in [-0.39, 0.29) is 5.91 Å². The number of nitrogens with zero attached hydrogens (tertiary/aromatic N) is 1. The fourth-order valence-electron chi connectivity index (χ4n) is 3.31. The number of carbonyl (C=O) groups is 1. The number of carbonyl (C=O) groups excluding carboxylic acids is 1. The summed E-state index contributed by atoms with van der Waals surface area (Å²) in [6, 6.07) is 9.90. The average molecular weight is 245 g/mol. The Kier molecular flexibility index (Phi) is 2.74. The molecule has 2 aliphatic rings. The van der Waals surface area contributed by atoms with Crippen molar-refractivity contribution in [1.29, 1.82) is 0 Å². The molecule has 3 rings (SSSR count). The molecule has 0 aliphatic carbocycles. The lowest BCUT2D eigenvalue weighted by Gasteiger charge is -2.41. The van der Waals surface area contributed by atoms with Crippen LogP contribution in [0.4, 0.5) is 5.69 Å². The zero-order valence-corrected chi connectivity index (χ0v) is 10.4.